The molecule has 1 N–H and O–H groups in total. The monoisotopic (exact) mass is 442 g/mol. The predicted molar refractivity (Wildman–Crippen MR) is 119 cm³/mol. The third-order valence-electron chi connectivity index (χ3n) is 6.07. The summed E-state index contributed by atoms with van der Waals surface area (Å²) in [6, 6.07) is 2.81. The van der Waals surface area contributed by atoms with Crippen LogP contribution in [0.1, 0.15) is 67.0 Å². The van der Waals surface area contributed by atoms with E-state index in [9.17, 15) is 10.1 Å². The van der Waals surface area contributed by atoms with E-state index in [-0.39, 0.29) is 11.7 Å². The van der Waals surface area contributed by atoms with Gasteiger partial charge in [0.25, 0.3) is 0 Å². The fourth-order valence-electron chi connectivity index (χ4n) is 4.39. The van der Waals surface area contributed by atoms with Crippen LogP contribution < -0.4 is 10.2 Å². The number of carbonyl (C=O) groups excluding carboxylic acids is 1. The van der Waals surface area contributed by atoms with Crippen molar-refractivity contribution < 1.29 is 4.79 Å². The Bertz CT molecular complexity index is 981. The first-order valence-electron chi connectivity index (χ1n) is 10.9. The van der Waals surface area contributed by atoms with E-state index < -0.39 is 0 Å². The molecular formula is C21H26N6OS2. The van der Waals surface area contributed by atoms with Crippen LogP contribution in [0.5, 0.6) is 0 Å². The van der Waals surface area contributed by atoms with Crippen LogP contribution >= 0.6 is 23.1 Å². The summed E-state index contributed by atoms with van der Waals surface area (Å²) in [6.07, 6.45) is 10.2. The molecule has 2 aliphatic carbocycles. The molecule has 7 nitrogen and oxygen atoms in total. The number of amides is 1. The van der Waals surface area contributed by atoms with Gasteiger partial charge in [0.2, 0.25) is 11.9 Å². The number of aryl methyl sites for hydroxylation is 1. The van der Waals surface area contributed by atoms with Crippen LogP contribution in [0.2, 0.25) is 0 Å². The largest absolute Gasteiger partial charge is 0.341 e. The number of anilines is 2. The predicted octanol–water partition coefficient (Wildman–Crippen LogP) is 4.15. The molecule has 3 heterocycles. The second-order valence-electron chi connectivity index (χ2n) is 8.30. The second kappa shape index (κ2) is 8.60. The van der Waals surface area contributed by atoms with Gasteiger partial charge in [-0.25, -0.2) is 0 Å². The number of aromatic nitrogens is 3. The highest BCUT2D eigenvalue weighted by Crippen LogP contribution is 2.41. The first-order chi connectivity index (χ1) is 14.7. The topological polar surface area (TPSA) is 86.8 Å². The summed E-state index contributed by atoms with van der Waals surface area (Å²) < 4.78 is 2.23. The quantitative estimate of drug-likeness (QED) is 0.534. The molecule has 0 spiro atoms. The van der Waals surface area contributed by atoms with Crippen molar-refractivity contribution in [3.8, 4) is 6.07 Å². The number of rotatable bonds is 6. The highest BCUT2D eigenvalue weighted by atomic mass is 32.2. The van der Waals surface area contributed by atoms with E-state index in [1.54, 1.807) is 11.3 Å². The molecule has 0 aromatic carbocycles. The smallest absolute Gasteiger partial charge is 0.235 e. The Morgan fingerprint density at radius 2 is 1.97 bits per heavy atom. The maximum Gasteiger partial charge on any atom is 0.235 e. The molecular weight excluding hydrogens is 416 g/mol. The molecule has 1 saturated heterocycles. The van der Waals surface area contributed by atoms with Crippen molar-refractivity contribution >= 4 is 40.0 Å². The van der Waals surface area contributed by atoms with Crippen LogP contribution in [0.4, 0.5) is 10.9 Å². The second-order valence-corrected chi connectivity index (χ2v) is 10.3. The van der Waals surface area contributed by atoms with Gasteiger partial charge in [-0.3, -0.25) is 9.36 Å². The van der Waals surface area contributed by atoms with Gasteiger partial charge < -0.3 is 10.2 Å². The minimum atomic E-state index is -0.0824. The number of nitriles is 1. The number of nitrogens with one attached hydrogen (secondary N) is 1. The summed E-state index contributed by atoms with van der Waals surface area (Å²) in [5.74, 6) is 1.16. The molecule has 1 aliphatic heterocycles. The van der Waals surface area contributed by atoms with Crippen molar-refractivity contribution in [2.75, 3.05) is 29.1 Å². The lowest BCUT2D eigenvalue weighted by Crippen LogP contribution is -2.22. The van der Waals surface area contributed by atoms with Crippen LogP contribution in [0.15, 0.2) is 5.16 Å². The molecule has 2 aromatic heterocycles. The van der Waals surface area contributed by atoms with Gasteiger partial charge in [-0.15, -0.1) is 21.5 Å². The number of hydrogen-bond acceptors (Lipinski definition) is 7. The van der Waals surface area contributed by atoms with Crippen LogP contribution in [0.3, 0.4) is 0 Å². The molecule has 0 bridgehead atoms. The lowest BCUT2D eigenvalue weighted by atomic mass is 10.1. The Morgan fingerprint density at radius 3 is 2.73 bits per heavy atom. The lowest BCUT2D eigenvalue weighted by Gasteiger charge is -2.17. The highest BCUT2D eigenvalue weighted by molar-refractivity contribution is 7.99. The molecule has 5 rings (SSSR count). The minimum absolute atomic E-state index is 0.0824. The Kier molecular flexibility index (Phi) is 5.70. The highest BCUT2D eigenvalue weighted by Gasteiger charge is 2.32. The van der Waals surface area contributed by atoms with Crippen LogP contribution in [-0.4, -0.2) is 39.5 Å². The van der Waals surface area contributed by atoms with Gasteiger partial charge in [-0.2, -0.15) is 5.26 Å². The normalized spacial score (nSPS) is 18.7. The molecule has 0 unspecified atom stereocenters. The fraction of sp³-hybridized carbons (Fsp3) is 0.619. The Morgan fingerprint density at radius 1 is 1.17 bits per heavy atom. The molecule has 1 saturated carbocycles. The van der Waals surface area contributed by atoms with Gasteiger partial charge in [0, 0.05) is 24.0 Å². The van der Waals surface area contributed by atoms with Crippen molar-refractivity contribution in [3.05, 3.63) is 16.0 Å². The first kappa shape index (κ1) is 19.9. The van der Waals surface area contributed by atoms with Gasteiger partial charge in [0.15, 0.2) is 5.16 Å². The summed E-state index contributed by atoms with van der Waals surface area (Å²) in [6.45, 7) is 2.08. The summed E-state index contributed by atoms with van der Waals surface area (Å²) >= 11 is 3.03. The van der Waals surface area contributed by atoms with Gasteiger partial charge in [-0.1, -0.05) is 18.2 Å². The molecule has 1 amide bonds. The van der Waals surface area contributed by atoms with Crippen molar-refractivity contribution in [3.63, 3.8) is 0 Å². The number of carbonyl (C=O) groups is 1. The third kappa shape index (κ3) is 3.95. The SMILES string of the molecule is N#Cc1c(NC(=O)CSc2nnc(N3CCCC3)n2C2CC2)sc2c1CCCCC2. The van der Waals surface area contributed by atoms with E-state index in [1.165, 1.54) is 35.9 Å². The molecule has 9 heteroatoms. The molecule has 2 aromatic rings. The molecule has 3 aliphatic rings. The van der Waals surface area contributed by atoms with Gasteiger partial charge in [0.05, 0.1) is 11.3 Å². The fourth-order valence-corrected chi connectivity index (χ4v) is 6.45. The summed E-state index contributed by atoms with van der Waals surface area (Å²) in [5.41, 5.74) is 1.83. The first-order valence-corrected chi connectivity index (χ1v) is 12.7. The minimum Gasteiger partial charge on any atom is -0.341 e. The van der Waals surface area contributed by atoms with Crippen molar-refractivity contribution in [2.24, 2.45) is 0 Å². The Hall–Kier alpha value is -2.05. The maximum absolute atomic E-state index is 12.7. The average Bonchev–Trinajstić information content (AvgIpc) is 3.20. The number of fused-ring (bicyclic) bond motifs is 1. The standard InChI is InChI=1S/C21H26N6OS2/c22-12-16-15-6-2-1-3-7-17(15)30-19(16)23-18(28)13-29-21-25-24-20(26-10-4-5-11-26)27(21)14-8-9-14/h14H,1-11,13H2,(H,23,28). The lowest BCUT2D eigenvalue weighted by molar-refractivity contribution is -0.113. The number of hydrogen-bond donors (Lipinski definition) is 1. The zero-order chi connectivity index (χ0) is 20.5. The third-order valence-corrected chi connectivity index (χ3v) is 8.22. The van der Waals surface area contributed by atoms with Crippen molar-refractivity contribution in [1.82, 2.24) is 14.8 Å². The van der Waals surface area contributed by atoms with E-state index in [0.717, 1.165) is 73.3 Å². The molecule has 30 heavy (non-hydrogen) atoms. The van der Waals surface area contributed by atoms with E-state index in [1.807, 2.05) is 0 Å². The Balaban J connectivity index is 1.27. The van der Waals surface area contributed by atoms with E-state index in [2.05, 4.69) is 31.1 Å². The average molecular weight is 443 g/mol. The van der Waals surface area contributed by atoms with Crippen LogP contribution in [0.25, 0.3) is 0 Å². The molecule has 0 atom stereocenters. The van der Waals surface area contributed by atoms with E-state index in [0.29, 0.717) is 11.6 Å². The van der Waals surface area contributed by atoms with Gasteiger partial charge >= 0.3 is 0 Å². The van der Waals surface area contributed by atoms with Crippen molar-refractivity contribution in [1.29, 1.82) is 5.26 Å². The van der Waals surface area contributed by atoms with Gasteiger partial charge in [-0.05, 0) is 56.9 Å². The zero-order valence-electron chi connectivity index (χ0n) is 17.0. The molecule has 0 radical (unpaired) electrons. The number of thiophene rings is 1. The molecule has 158 valence electrons. The van der Waals surface area contributed by atoms with Gasteiger partial charge in [0.1, 0.15) is 11.1 Å². The zero-order valence-corrected chi connectivity index (χ0v) is 18.7. The van der Waals surface area contributed by atoms with Crippen molar-refractivity contribution in [2.45, 2.75) is 69.0 Å². The number of nitrogens with zero attached hydrogens (tertiary/aromatic N) is 5. The van der Waals surface area contributed by atoms with E-state index in [4.69, 9.17) is 0 Å². The Labute approximate surface area is 184 Å². The van der Waals surface area contributed by atoms with Crippen LogP contribution in [0, 0.1) is 11.3 Å². The molecule has 2 fully saturated rings. The summed E-state index contributed by atoms with van der Waals surface area (Å²) in [4.78, 5) is 16.3. The summed E-state index contributed by atoms with van der Waals surface area (Å²) in [5, 5.41) is 23.1. The van der Waals surface area contributed by atoms with E-state index >= 15 is 0 Å². The maximum atomic E-state index is 12.7. The summed E-state index contributed by atoms with van der Waals surface area (Å²) in [7, 11) is 0. The number of thioether (sulfide) groups is 1. The van der Waals surface area contributed by atoms with Crippen LogP contribution in [-0.2, 0) is 17.6 Å².